The van der Waals surface area contributed by atoms with Gasteiger partial charge < -0.3 is 0 Å². The first-order chi connectivity index (χ1) is 20.0. The Labute approximate surface area is 246 Å². The van der Waals surface area contributed by atoms with E-state index in [0.29, 0.717) is 29.0 Å². The third-order valence-corrected chi connectivity index (χ3v) is 9.25. The third-order valence-electron chi connectivity index (χ3n) is 9.25. The normalized spacial score (nSPS) is 17.2. The van der Waals surface area contributed by atoms with Crippen molar-refractivity contribution in [2.45, 2.75) is 122 Å². The van der Waals surface area contributed by atoms with Crippen molar-refractivity contribution in [1.29, 1.82) is 0 Å². The SMILES string of the molecule is CCCCCCCCCc1ccc(-c2ccc(-c3ccc(C4CCC(CCCCC)CC4)cc3F)cc2)c(F)c1F. The molecular formula is C38H49F3. The summed E-state index contributed by atoms with van der Waals surface area (Å²) >= 11 is 0. The molecule has 0 aromatic heterocycles. The Hall–Kier alpha value is -2.55. The summed E-state index contributed by atoms with van der Waals surface area (Å²) in [5.74, 6) is -0.481. The van der Waals surface area contributed by atoms with E-state index in [1.54, 1.807) is 42.5 Å². The Kier molecular flexibility index (Phi) is 12.4. The molecule has 1 aliphatic rings. The second kappa shape index (κ2) is 16.2. The Morgan fingerprint density at radius 2 is 1.17 bits per heavy atom. The lowest BCUT2D eigenvalue weighted by Crippen LogP contribution is -2.13. The van der Waals surface area contributed by atoms with Gasteiger partial charge in [-0.3, -0.25) is 0 Å². The van der Waals surface area contributed by atoms with Crippen LogP contribution in [-0.4, -0.2) is 0 Å². The molecule has 0 amide bonds. The van der Waals surface area contributed by atoms with Crippen LogP contribution in [0.4, 0.5) is 13.2 Å². The molecule has 41 heavy (non-hydrogen) atoms. The molecule has 3 heteroatoms. The van der Waals surface area contributed by atoms with Crippen molar-refractivity contribution in [2.24, 2.45) is 5.92 Å². The zero-order valence-corrected chi connectivity index (χ0v) is 25.3. The second-order valence-corrected chi connectivity index (χ2v) is 12.3. The number of unbranched alkanes of at least 4 members (excludes halogenated alkanes) is 8. The molecule has 0 spiro atoms. The van der Waals surface area contributed by atoms with E-state index in [4.69, 9.17) is 0 Å². The Bertz CT molecular complexity index is 1200. The van der Waals surface area contributed by atoms with Crippen LogP contribution in [0.1, 0.15) is 127 Å². The number of rotatable bonds is 15. The fraction of sp³-hybridized carbons (Fsp3) is 0.526. The van der Waals surface area contributed by atoms with Crippen LogP contribution in [0.5, 0.6) is 0 Å². The van der Waals surface area contributed by atoms with E-state index in [-0.39, 0.29) is 11.4 Å². The van der Waals surface area contributed by atoms with Gasteiger partial charge in [-0.05, 0) is 78.7 Å². The third kappa shape index (κ3) is 8.72. The van der Waals surface area contributed by atoms with Crippen LogP contribution >= 0.6 is 0 Å². The molecule has 3 aromatic carbocycles. The van der Waals surface area contributed by atoms with Gasteiger partial charge in [0.05, 0.1) is 0 Å². The van der Waals surface area contributed by atoms with Crippen LogP contribution in [0.3, 0.4) is 0 Å². The molecule has 0 saturated heterocycles. The van der Waals surface area contributed by atoms with Gasteiger partial charge in [0.15, 0.2) is 11.6 Å². The second-order valence-electron chi connectivity index (χ2n) is 12.3. The fourth-order valence-electron chi connectivity index (χ4n) is 6.59. The molecule has 0 atom stereocenters. The Morgan fingerprint density at radius 1 is 0.585 bits per heavy atom. The largest absolute Gasteiger partial charge is 0.206 e. The molecule has 1 fully saturated rings. The van der Waals surface area contributed by atoms with E-state index in [1.165, 1.54) is 64.2 Å². The molecule has 0 aliphatic heterocycles. The van der Waals surface area contributed by atoms with Crippen molar-refractivity contribution in [3.05, 3.63) is 83.2 Å². The van der Waals surface area contributed by atoms with Gasteiger partial charge in [0.1, 0.15) is 5.82 Å². The molecule has 0 bridgehead atoms. The van der Waals surface area contributed by atoms with E-state index < -0.39 is 11.6 Å². The number of hydrogen-bond acceptors (Lipinski definition) is 0. The molecule has 0 radical (unpaired) electrons. The van der Waals surface area contributed by atoms with Crippen LogP contribution in [-0.2, 0) is 6.42 Å². The van der Waals surface area contributed by atoms with Gasteiger partial charge in [-0.1, -0.05) is 127 Å². The topological polar surface area (TPSA) is 0 Å². The molecule has 0 nitrogen and oxygen atoms in total. The zero-order chi connectivity index (χ0) is 29.0. The van der Waals surface area contributed by atoms with Crippen LogP contribution < -0.4 is 0 Å². The first-order valence-corrected chi connectivity index (χ1v) is 16.4. The minimum absolute atomic E-state index is 0.215. The van der Waals surface area contributed by atoms with E-state index in [0.717, 1.165) is 49.1 Å². The van der Waals surface area contributed by atoms with Crippen LogP contribution in [0.25, 0.3) is 22.3 Å². The molecule has 0 N–H and O–H groups in total. The highest BCUT2D eigenvalue weighted by Gasteiger charge is 2.23. The molecule has 1 aliphatic carbocycles. The van der Waals surface area contributed by atoms with Crippen LogP contribution in [0, 0.1) is 23.4 Å². The standard InChI is InChI=1S/C38H49F3/c1-3-5-7-8-9-10-12-14-32-23-26-35(38(41)37(32)40)31-21-19-30(20-22-31)34-25-24-33(27-36(34)39)29-17-15-28(16-18-29)13-11-6-4-2/h19-29H,3-18H2,1-2H3. The summed E-state index contributed by atoms with van der Waals surface area (Å²) in [6.45, 7) is 4.45. The minimum atomic E-state index is -0.797. The number of aryl methyl sites for hydroxylation is 1. The lowest BCUT2D eigenvalue weighted by atomic mass is 9.77. The number of halogens is 3. The van der Waals surface area contributed by atoms with Crippen LogP contribution in [0.15, 0.2) is 54.6 Å². The first kappa shape index (κ1) is 31.4. The summed E-state index contributed by atoms with van der Waals surface area (Å²) in [4.78, 5) is 0. The van der Waals surface area contributed by atoms with E-state index in [1.807, 2.05) is 6.07 Å². The van der Waals surface area contributed by atoms with Gasteiger partial charge in [0.2, 0.25) is 0 Å². The molecule has 0 heterocycles. The lowest BCUT2D eigenvalue weighted by Gasteiger charge is -2.29. The summed E-state index contributed by atoms with van der Waals surface area (Å²) in [7, 11) is 0. The minimum Gasteiger partial charge on any atom is -0.206 e. The molecule has 222 valence electrons. The number of benzene rings is 3. The molecule has 1 saturated carbocycles. The van der Waals surface area contributed by atoms with Crippen molar-refractivity contribution in [1.82, 2.24) is 0 Å². The zero-order valence-electron chi connectivity index (χ0n) is 25.3. The lowest BCUT2D eigenvalue weighted by molar-refractivity contribution is 0.302. The highest BCUT2D eigenvalue weighted by atomic mass is 19.2. The Balaban J connectivity index is 1.35. The highest BCUT2D eigenvalue weighted by Crippen LogP contribution is 2.39. The maximum atomic E-state index is 15.3. The quantitative estimate of drug-likeness (QED) is 0.162. The summed E-state index contributed by atoms with van der Waals surface area (Å²) in [6.07, 6.45) is 18.6. The maximum Gasteiger partial charge on any atom is 0.166 e. The molecule has 3 aromatic rings. The van der Waals surface area contributed by atoms with E-state index in [2.05, 4.69) is 19.9 Å². The highest BCUT2D eigenvalue weighted by molar-refractivity contribution is 5.71. The summed E-state index contributed by atoms with van der Waals surface area (Å²) in [5, 5.41) is 0. The summed E-state index contributed by atoms with van der Waals surface area (Å²) < 4.78 is 45.2. The van der Waals surface area contributed by atoms with Crippen molar-refractivity contribution >= 4 is 0 Å². The van der Waals surface area contributed by atoms with Crippen molar-refractivity contribution in [3.63, 3.8) is 0 Å². The number of hydrogen-bond donors (Lipinski definition) is 0. The van der Waals surface area contributed by atoms with Crippen molar-refractivity contribution < 1.29 is 13.2 Å². The van der Waals surface area contributed by atoms with Gasteiger partial charge in [-0.25, -0.2) is 13.2 Å². The smallest absolute Gasteiger partial charge is 0.166 e. The Morgan fingerprint density at radius 3 is 1.83 bits per heavy atom. The van der Waals surface area contributed by atoms with Gasteiger partial charge in [-0.15, -0.1) is 0 Å². The average molecular weight is 563 g/mol. The summed E-state index contributed by atoms with van der Waals surface area (Å²) in [6, 6.07) is 16.2. The van der Waals surface area contributed by atoms with Crippen LogP contribution in [0.2, 0.25) is 0 Å². The van der Waals surface area contributed by atoms with Gasteiger partial charge in [0.25, 0.3) is 0 Å². The monoisotopic (exact) mass is 562 g/mol. The molecular weight excluding hydrogens is 513 g/mol. The van der Waals surface area contributed by atoms with E-state index in [9.17, 15) is 4.39 Å². The summed E-state index contributed by atoms with van der Waals surface area (Å²) in [5.41, 5.74) is 3.69. The molecule has 4 rings (SSSR count). The predicted molar refractivity (Wildman–Crippen MR) is 168 cm³/mol. The van der Waals surface area contributed by atoms with Gasteiger partial charge in [0, 0.05) is 11.1 Å². The van der Waals surface area contributed by atoms with Crippen molar-refractivity contribution in [2.75, 3.05) is 0 Å². The molecule has 0 unspecified atom stereocenters. The predicted octanol–water partition coefficient (Wildman–Crippen LogP) is 12.6. The first-order valence-electron chi connectivity index (χ1n) is 16.4. The van der Waals surface area contributed by atoms with Crippen molar-refractivity contribution in [3.8, 4) is 22.3 Å². The average Bonchev–Trinajstić information content (AvgIpc) is 2.99. The van der Waals surface area contributed by atoms with Gasteiger partial charge in [-0.2, -0.15) is 0 Å². The fourth-order valence-corrected chi connectivity index (χ4v) is 6.59. The van der Waals surface area contributed by atoms with E-state index >= 15 is 8.78 Å². The maximum absolute atomic E-state index is 15.3. The van der Waals surface area contributed by atoms with Gasteiger partial charge >= 0.3 is 0 Å².